The molecule has 0 radical (unpaired) electrons. The zero-order valence-corrected chi connectivity index (χ0v) is 18.9. The Balaban J connectivity index is 1.86. The topological polar surface area (TPSA) is 81.2 Å². The van der Waals surface area contributed by atoms with Crippen molar-refractivity contribution >= 4 is 54.3 Å². The Kier molecular flexibility index (Phi) is 5.59. The van der Waals surface area contributed by atoms with Gasteiger partial charge in [0.15, 0.2) is 0 Å². The fourth-order valence-corrected chi connectivity index (χ4v) is 5.66. The van der Waals surface area contributed by atoms with E-state index in [4.69, 9.17) is 20.6 Å². The van der Waals surface area contributed by atoms with Gasteiger partial charge in [-0.2, -0.15) is 13.2 Å². The van der Waals surface area contributed by atoms with E-state index in [-0.39, 0.29) is 11.4 Å². The van der Waals surface area contributed by atoms with Crippen molar-refractivity contribution in [1.82, 2.24) is 4.98 Å². The molecule has 4 rings (SSSR count). The number of nitrogens with zero attached hydrogens (tertiary/aromatic N) is 1. The summed E-state index contributed by atoms with van der Waals surface area (Å²) in [5.41, 5.74) is 4.92. The number of allylic oxidation sites excluding steroid dienone is 1. The maximum absolute atomic E-state index is 12.7. The Morgan fingerprint density at radius 3 is 2.31 bits per heavy atom. The van der Waals surface area contributed by atoms with Crippen LogP contribution < -0.4 is 15.2 Å². The van der Waals surface area contributed by atoms with E-state index in [2.05, 4.69) is 11.1 Å². The smallest absolute Gasteiger partial charge is 0.432 e. The molecular formula is C22H18F3N3O2S2. The van der Waals surface area contributed by atoms with Crippen molar-refractivity contribution in [2.45, 2.75) is 13.1 Å². The van der Waals surface area contributed by atoms with Gasteiger partial charge in [0, 0.05) is 26.7 Å². The van der Waals surface area contributed by atoms with Gasteiger partial charge in [-0.3, -0.25) is 10.4 Å². The molecule has 0 aliphatic heterocycles. The maximum atomic E-state index is 12.7. The average Bonchev–Trinajstić information content (AvgIpc) is 3.34. The van der Waals surface area contributed by atoms with Crippen LogP contribution in [0.1, 0.15) is 10.6 Å². The molecule has 0 aliphatic carbocycles. The zero-order chi connectivity index (χ0) is 23.2. The summed E-state index contributed by atoms with van der Waals surface area (Å²) in [6.07, 6.45) is -2.73. The molecule has 0 saturated carbocycles. The first-order chi connectivity index (χ1) is 15.1. The number of thiophene rings is 2. The molecule has 4 aromatic rings. The lowest BCUT2D eigenvalue weighted by Crippen LogP contribution is -2.20. The highest BCUT2D eigenvalue weighted by atomic mass is 32.1. The maximum Gasteiger partial charge on any atom is 0.432 e. The molecule has 0 fully saturated rings. The van der Waals surface area contributed by atoms with Crippen molar-refractivity contribution in [3.63, 3.8) is 0 Å². The van der Waals surface area contributed by atoms with Crippen molar-refractivity contribution in [2.75, 3.05) is 14.2 Å². The van der Waals surface area contributed by atoms with E-state index < -0.39 is 11.9 Å². The molecule has 5 nitrogen and oxygen atoms in total. The Morgan fingerprint density at radius 2 is 1.69 bits per heavy atom. The van der Waals surface area contributed by atoms with E-state index in [0.29, 0.717) is 6.08 Å². The number of hydrogen-bond donors (Lipinski definition) is 2. The number of rotatable bonds is 5. The predicted molar refractivity (Wildman–Crippen MR) is 124 cm³/mol. The molecule has 0 bridgehead atoms. The van der Waals surface area contributed by atoms with E-state index in [1.165, 1.54) is 17.5 Å². The number of ether oxygens (including phenoxy) is 2. The number of aromatic nitrogens is 1. The van der Waals surface area contributed by atoms with Crippen molar-refractivity contribution in [2.24, 2.45) is 5.73 Å². The van der Waals surface area contributed by atoms with Gasteiger partial charge >= 0.3 is 6.18 Å². The van der Waals surface area contributed by atoms with Crippen LogP contribution >= 0.6 is 22.7 Å². The molecule has 3 aromatic heterocycles. The number of nitrogens with one attached hydrogen (secondary N) is 1. The van der Waals surface area contributed by atoms with Gasteiger partial charge in [0.25, 0.3) is 0 Å². The summed E-state index contributed by atoms with van der Waals surface area (Å²) in [6, 6.07) is 7.38. The van der Waals surface area contributed by atoms with Crippen LogP contribution in [0.15, 0.2) is 36.5 Å². The first-order valence-electron chi connectivity index (χ1n) is 9.31. The highest BCUT2D eigenvalue weighted by molar-refractivity contribution is 7.23. The van der Waals surface area contributed by atoms with Gasteiger partial charge < -0.3 is 15.2 Å². The Hall–Kier alpha value is -3.11. The molecule has 1 aromatic carbocycles. The standard InChI is InChI=1S/C22H18F3N3O2S2/c1-10-6-12-18(29-2)21-13(19(30-3)20(12)31-10)8-16(32-21)11-4-5-28-15(7-11)14(26)9-17(27)22(23,24)25/h4-9,27H,26H2,1-3H3/b14-9-,27-17?. The van der Waals surface area contributed by atoms with Gasteiger partial charge in [-0.05, 0) is 42.8 Å². The summed E-state index contributed by atoms with van der Waals surface area (Å²) in [5.74, 6) is 1.51. The molecule has 0 saturated heterocycles. The van der Waals surface area contributed by atoms with Crippen LogP contribution in [0.3, 0.4) is 0 Å². The van der Waals surface area contributed by atoms with Crippen LogP contribution in [0, 0.1) is 12.3 Å². The lowest BCUT2D eigenvalue weighted by molar-refractivity contribution is -0.0583. The Labute approximate surface area is 189 Å². The van der Waals surface area contributed by atoms with Crippen LogP contribution in [0.25, 0.3) is 36.3 Å². The van der Waals surface area contributed by atoms with Crippen molar-refractivity contribution in [1.29, 1.82) is 5.41 Å². The van der Waals surface area contributed by atoms with E-state index in [1.54, 1.807) is 37.7 Å². The number of pyridine rings is 1. The van der Waals surface area contributed by atoms with Gasteiger partial charge in [0.1, 0.15) is 17.2 Å². The molecule has 32 heavy (non-hydrogen) atoms. The second-order valence-corrected chi connectivity index (χ2v) is 9.27. The average molecular weight is 478 g/mol. The first kappa shape index (κ1) is 22.1. The number of benzene rings is 1. The molecule has 3 heterocycles. The molecule has 0 aliphatic rings. The quantitative estimate of drug-likeness (QED) is 0.327. The fraction of sp³-hybridized carbons (Fsp3) is 0.182. The van der Waals surface area contributed by atoms with E-state index in [0.717, 1.165) is 47.0 Å². The minimum atomic E-state index is -4.77. The number of halogens is 3. The summed E-state index contributed by atoms with van der Waals surface area (Å²) in [5, 5.41) is 9.00. The summed E-state index contributed by atoms with van der Waals surface area (Å²) in [6.45, 7) is 2.03. The number of aryl methyl sites for hydroxylation is 1. The van der Waals surface area contributed by atoms with Gasteiger partial charge in [0.2, 0.25) is 0 Å². The van der Waals surface area contributed by atoms with Crippen LogP contribution in [-0.4, -0.2) is 31.1 Å². The minimum absolute atomic E-state index is 0.157. The molecular weight excluding hydrogens is 459 g/mol. The van der Waals surface area contributed by atoms with Crippen molar-refractivity contribution in [3.8, 4) is 21.9 Å². The van der Waals surface area contributed by atoms with Crippen LogP contribution in [0.2, 0.25) is 0 Å². The lowest BCUT2D eigenvalue weighted by atomic mass is 10.1. The third-order valence-electron chi connectivity index (χ3n) is 4.84. The van der Waals surface area contributed by atoms with Gasteiger partial charge in [-0.15, -0.1) is 22.7 Å². The second kappa shape index (κ2) is 8.10. The predicted octanol–water partition coefficient (Wildman–Crippen LogP) is 6.39. The number of hydrogen-bond acceptors (Lipinski definition) is 7. The number of nitrogens with two attached hydrogens (primary N) is 1. The van der Waals surface area contributed by atoms with E-state index >= 15 is 0 Å². The Morgan fingerprint density at radius 1 is 1.06 bits per heavy atom. The first-order valence-corrected chi connectivity index (χ1v) is 10.9. The normalized spacial score (nSPS) is 12.5. The van der Waals surface area contributed by atoms with Gasteiger partial charge in [-0.1, -0.05) is 0 Å². The SMILES string of the molecule is COc1c2cc(-c3ccnc(/C(N)=C/C(=N)C(F)(F)F)c3)sc2c(OC)c2cc(C)sc12. The van der Waals surface area contributed by atoms with Crippen molar-refractivity contribution in [3.05, 3.63) is 47.1 Å². The largest absolute Gasteiger partial charge is 0.495 e. The third-order valence-corrected chi connectivity index (χ3v) is 7.07. The molecule has 0 atom stereocenters. The van der Waals surface area contributed by atoms with Gasteiger partial charge in [0.05, 0.1) is 35.0 Å². The zero-order valence-electron chi connectivity index (χ0n) is 17.3. The van der Waals surface area contributed by atoms with Crippen molar-refractivity contribution < 1.29 is 22.6 Å². The molecule has 10 heteroatoms. The number of fused-ring (bicyclic) bond motifs is 2. The van der Waals surface area contributed by atoms with Crippen LogP contribution in [-0.2, 0) is 0 Å². The number of alkyl halides is 3. The van der Waals surface area contributed by atoms with Gasteiger partial charge in [-0.25, -0.2) is 0 Å². The number of methoxy groups -OCH3 is 2. The summed E-state index contributed by atoms with van der Waals surface area (Å²) < 4.78 is 51.4. The highest BCUT2D eigenvalue weighted by Gasteiger charge is 2.33. The summed E-state index contributed by atoms with van der Waals surface area (Å²) >= 11 is 3.10. The van der Waals surface area contributed by atoms with Crippen LogP contribution in [0.4, 0.5) is 13.2 Å². The fourth-order valence-electron chi connectivity index (χ4n) is 3.43. The summed E-state index contributed by atoms with van der Waals surface area (Å²) in [7, 11) is 3.25. The Bertz CT molecular complexity index is 1330. The third kappa shape index (κ3) is 3.80. The molecule has 0 unspecified atom stereocenters. The van der Waals surface area contributed by atoms with E-state index in [1.807, 2.05) is 13.0 Å². The monoisotopic (exact) mass is 477 g/mol. The summed E-state index contributed by atoms with van der Waals surface area (Å²) in [4.78, 5) is 6.06. The molecule has 0 amide bonds. The highest BCUT2D eigenvalue weighted by Crippen LogP contribution is 2.50. The molecule has 0 spiro atoms. The molecule has 166 valence electrons. The lowest BCUT2D eigenvalue weighted by Gasteiger charge is -2.08. The molecule has 3 N–H and O–H groups in total. The van der Waals surface area contributed by atoms with Crippen LogP contribution in [0.5, 0.6) is 11.5 Å². The minimum Gasteiger partial charge on any atom is -0.495 e. The van der Waals surface area contributed by atoms with E-state index in [9.17, 15) is 13.2 Å². The second-order valence-electron chi connectivity index (χ2n) is 6.96.